The number of aromatic nitrogens is 2. The Balaban J connectivity index is 1.77. The average Bonchev–Trinajstić information content (AvgIpc) is 2.99. The van der Waals surface area contributed by atoms with Crippen LogP contribution in [0.4, 0.5) is 0 Å². The van der Waals surface area contributed by atoms with Crippen LogP contribution in [0.5, 0.6) is 0 Å². The van der Waals surface area contributed by atoms with Gasteiger partial charge in [-0.3, -0.25) is 4.79 Å². The van der Waals surface area contributed by atoms with Crippen LogP contribution in [0.3, 0.4) is 0 Å². The van der Waals surface area contributed by atoms with Crippen molar-refractivity contribution in [3.63, 3.8) is 0 Å². The van der Waals surface area contributed by atoms with Gasteiger partial charge in [-0.05, 0) is 24.5 Å². The molecular formula is C16H21N3O3S. The molecule has 0 radical (unpaired) electrons. The van der Waals surface area contributed by atoms with E-state index >= 15 is 0 Å². The molecule has 0 aliphatic rings. The van der Waals surface area contributed by atoms with E-state index in [1.165, 1.54) is 6.07 Å². The van der Waals surface area contributed by atoms with Crippen molar-refractivity contribution in [3.05, 3.63) is 48.5 Å². The first kappa shape index (κ1) is 17.2. The molecule has 2 rings (SSSR count). The minimum absolute atomic E-state index is 0.0742. The molecule has 0 fully saturated rings. The van der Waals surface area contributed by atoms with Crippen LogP contribution in [0, 0.1) is 0 Å². The number of carbonyl (C=O) groups excluding carboxylic acids is 1. The maximum atomic E-state index is 12.0. The van der Waals surface area contributed by atoms with Crippen molar-refractivity contribution < 1.29 is 13.2 Å². The smallest absolute Gasteiger partial charge is 0.224 e. The summed E-state index contributed by atoms with van der Waals surface area (Å²) in [7, 11) is -3.32. The lowest BCUT2D eigenvalue weighted by molar-refractivity contribution is -0.120. The molecule has 1 heterocycles. The molecule has 1 amide bonds. The third kappa shape index (κ3) is 5.52. The first-order valence-corrected chi connectivity index (χ1v) is 9.36. The third-order valence-corrected chi connectivity index (χ3v) is 4.64. The number of benzene rings is 1. The summed E-state index contributed by atoms with van der Waals surface area (Å²) in [5.41, 5.74) is 0.533. The number of hydrogen-bond acceptors (Lipinski definition) is 4. The molecule has 2 aromatic rings. The van der Waals surface area contributed by atoms with Crippen molar-refractivity contribution in [3.8, 4) is 0 Å². The van der Waals surface area contributed by atoms with Crippen molar-refractivity contribution in [2.45, 2.75) is 30.7 Å². The predicted molar refractivity (Wildman–Crippen MR) is 87.7 cm³/mol. The molecule has 1 aromatic heterocycles. The highest BCUT2D eigenvalue weighted by molar-refractivity contribution is 7.90. The Kier molecular flexibility index (Phi) is 5.92. The van der Waals surface area contributed by atoms with Crippen LogP contribution >= 0.6 is 0 Å². The van der Waals surface area contributed by atoms with Gasteiger partial charge in [0.1, 0.15) is 0 Å². The van der Waals surface area contributed by atoms with Crippen LogP contribution in [0.1, 0.15) is 18.4 Å². The van der Waals surface area contributed by atoms with Gasteiger partial charge >= 0.3 is 0 Å². The number of imidazole rings is 1. The SMILES string of the molecule is CS(=O)(=O)c1ccccc1CC(=O)NCCCCn1ccnc1. The first-order valence-electron chi connectivity index (χ1n) is 7.47. The Bertz CT molecular complexity index is 740. The molecule has 1 aromatic carbocycles. The summed E-state index contributed by atoms with van der Waals surface area (Å²) in [5.74, 6) is -0.163. The quantitative estimate of drug-likeness (QED) is 0.740. The van der Waals surface area contributed by atoms with E-state index in [1.54, 1.807) is 30.7 Å². The van der Waals surface area contributed by atoms with Gasteiger partial charge < -0.3 is 9.88 Å². The van der Waals surface area contributed by atoms with E-state index < -0.39 is 9.84 Å². The summed E-state index contributed by atoms with van der Waals surface area (Å²) in [4.78, 5) is 16.1. The van der Waals surface area contributed by atoms with E-state index in [4.69, 9.17) is 0 Å². The predicted octanol–water partition coefficient (Wildman–Crippen LogP) is 1.43. The lowest BCUT2D eigenvalue weighted by Gasteiger charge is -2.09. The third-order valence-electron chi connectivity index (χ3n) is 3.45. The zero-order valence-corrected chi connectivity index (χ0v) is 13.9. The van der Waals surface area contributed by atoms with Crippen LogP contribution in [0.2, 0.25) is 0 Å². The molecule has 0 unspecified atom stereocenters. The second kappa shape index (κ2) is 7.92. The van der Waals surface area contributed by atoms with Gasteiger partial charge in [-0.15, -0.1) is 0 Å². The number of amides is 1. The van der Waals surface area contributed by atoms with Gasteiger partial charge in [0.2, 0.25) is 5.91 Å². The second-order valence-electron chi connectivity index (χ2n) is 5.41. The Morgan fingerprint density at radius 3 is 2.74 bits per heavy atom. The summed E-state index contributed by atoms with van der Waals surface area (Å²) in [6.07, 6.45) is 8.43. The van der Waals surface area contributed by atoms with Crippen molar-refractivity contribution in [2.75, 3.05) is 12.8 Å². The maximum absolute atomic E-state index is 12.0. The number of nitrogens with zero attached hydrogens (tertiary/aromatic N) is 2. The highest BCUT2D eigenvalue weighted by Crippen LogP contribution is 2.15. The monoisotopic (exact) mass is 335 g/mol. The lowest BCUT2D eigenvalue weighted by Crippen LogP contribution is -2.26. The molecule has 0 aliphatic heterocycles. The van der Waals surface area contributed by atoms with Gasteiger partial charge in [0.05, 0.1) is 17.6 Å². The lowest BCUT2D eigenvalue weighted by atomic mass is 10.1. The van der Waals surface area contributed by atoms with Gasteiger partial charge in [0, 0.05) is 31.7 Å². The molecule has 0 saturated heterocycles. The topological polar surface area (TPSA) is 81.1 Å². The molecule has 7 heteroatoms. The molecule has 1 N–H and O–H groups in total. The van der Waals surface area contributed by atoms with Gasteiger partial charge in [-0.2, -0.15) is 0 Å². The van der Waals surface area contributed by atoms with E-state index in [0.29, 0.717) is 12.1 Å². The number of unbranched alkanes of at least 4 members (excludes halogenated alkanes) is 1. The van der Waals surface area contributed by atoms with Crippen LogP contribution in [0.25, 0.3) is 0 Å². The number of carbonyl (C=O) groups is 1. The molecular weight excluding hydrogens is 314 g/mol. The van der Waals surface area contributed by atoms with E-state index in [-0.39, 0.29) is 17.2 Å². The maximum Gasteiger partial charge on any atom is 0.224 e. The fourth-order valence-corrected chi connectivity index (χ4v) is 3.26. The summed E-state index contributed by atoms with van der Waals surface area (Å²) in [6.45, 7) is 1.45. The minimum atomic E-state index is -3.32. The molecule has 0 aliphatic carbocycles. The zero-order chi connectivity index (χ0) is 16.7. The van der Waals surface area contributed by atoms with Crippen LogP contribution in [0.15, 0.2) is 47.9 Å². The first-order chi connectivity index (χ1) is 11.0. The molecule has 124 valence electrons. The van der Waals surface area contributed by atoms with Crippen molar-refractivity contribution >= 4 is 15.7 Å². The van der Waals surface area contributed by atoms with Crippen molar-refractivity contribution in [2.24, 2.45) is 0 Å². The van der Waals surface area contributed by atoms with Crippen molar-refractivity contribution in [1.82, 2.24) is 14.9 Å². The summed E-state index contributed by atoms with van der Waals surface area (Å²) < 4.78 is 25.4. The molecule has 0 bridgehead atoms. The number of nitrogens with one attached hydrogen (secondary N) is 1. The largest absolute Gasteiger partial charge is 0.356 e. The highest BCUT2D eigenvalue weighted by Gasteiger charge is 2.14. The Morgan fingerprint density at radius 1 is 1.26 bits per heavy atom. The number of aryl methyl sites for hydroxylation is 1. The van der Waals surface area contributed by atoms with E-state index in [1.807, 2.05) is 10.8 Å². The molecule has 0 saturated carbocycles. The molecule has 6 nitrogen and oxygen atoms in total. The van der Waals surface area contributed by atoms with Gasteiger partial charge in [0.15, 0.2) is 9.84 Å². The number of sulfone groups is 1. The average molecular weight is 335 g/mol. The molecule has 0 spiro atoms. The van der Waals surface area contributed by atoms with Crippen LogP contribution < -0.4 is 5.32 Å². The Hall–Kier alpha value is -2.15. The number of hydrogen-bond donors (Lipinski definition) is 1. The normalized spacial score (nSPS) is 11.3. The van der Waals surface area contributed by atoms with Gasteiger partial charge in [-0.1, -0.05) is 18.2 Å². The van der Waals surface area contributed by atoms with Crippen molar-refractivity contribution in [1.29, 1.82) is 0 Å². The standard InChI is InChI=1S/C16H21N3O3S/c1-23(21,22)15-7-3-2-6-14(15)12-16(20)18-8-4-5-10-19-11-9-17-13-19/h2-3,6-7,9,11,13H,4-5,8,10,12H2,1H3,(H,18,20). The summed E-state index contributed by atoms with van der Waals surface area (Å²) >= 11 is 0. The fourth-order valence-electron chi connectivity index (χ4n) is 2.31. The zero-order valence-electron chi connectivity index (χ0n) is 13.1. The van der Waals surface area contributed by atoms with Crippen LogP contribution in [-0.2, 0) is 27.6 Å². The second-order valence-corrected chi connectivity index (χ2v) is 7.40. The molecule has 0 atom stereocenters. The Labute approximate surface area is 136 Å². The highest BCUT2D eigenvalue weighted by atomic mass is 32.2. The van der Waals surface area contributed by atoms with Gasteiger partial charge in [-0.25, -0.2) is 13.4 Å². The van der Waals surface area contributed by atoms with E-state index in [2.05, 4.69) is 10.3 Å². The Morgan fingerprint density at radius 2 is 2.04 bits per heavy atom. The summed E-state index contributed by atoms with van der Waals surface area (Å²) in [5, 5.41) is 2.83. The summed E-state index contributed by atoms with van der Waals surface area (Å²) in [6, 6.07) is 6.61. The fraction of sp³-hybridized carbons (Fsp3) is 0.375. The molecule has 23 heavy (non-hydrogen) atoms. The van der Waals surface area contributed by atoms with Crippen LogP contribution in [-0.4, -0.2) is 36.7 Å². The van der Waals surface area contributed by atoms with E-state index in [0.717, 1.165) is 25.6 Å². The minimum Gasteiger partial charge on any atom is -0.356 e. The number of rotatable bonds is 8. The van der Waals surface area contributed by atoms with E-state index in [9.17, 15) is 13.2 Å². The van der Waals surface area contributed by atoms with Gasteiger partial charge in [0.25, 0.3) is 0 Å².